The van der Waals surface area contributed by atoms with Crippen LogP contribution in [0.1, 0.15) is 33.4 Å². The van der Waals surface area contributed by atoms with Gasteiger partial charge in [0.05, 0.1) is 14.2 Å². The maximum absolute atomic E-state index is 13.6. The van der Waals surface area contributed by atoms with Crippen molar-refractivity contribution in [2.75, 3.05) is 20.8 Å². The van der Waals surface area contributed by atoms with Crippen molar-refractivity contribution in [3.05, 3.63) is 58.5 Å². The molecule has 2 aliphatic heterocycles. The van der Waals surface area contributed by atoms with E-state index in [1.54, 1.807) is 18.2 Å². The number of benzene rings is 2. The second-order valence-corrected chi connectivity index (χ2v) is 7.02. The number of fused-ring (bicyclic) bond motifs is 4. The zero-order chi connectivity index (χ0) is 19.4. The number of esters is 1. The van der Waals surface area contributed by atoms with Gasteiger partial charge in [0, 0.05) is 35.2 Å². The number of carbonyl (C=O) groups is 1. The molecule has 7 heteroatoms. The lowest BCUT2D eigenvalue weighted by molar-refractivity contribution is -0.0295. The quantitative estimate of drug-likeness (QED) is 0.702. The summed E-state index contributed by atoms with van der Waals surface area (Å²) in [6.07, 6.45) is 0.258. The molecule has 0 amide bonds. The van der Waals surface area contributed by atoms with Gasteiger partial charge in [0.1, 0.15) is 11.4 Å². The van der Waals surface area contributed by atoms with Crippen molar-refractivity contribution in [1.29, 1.82) is 0 Å². The minimum Gasteiger partial charge on any atom is -0.493 e. The van der Waals surface area contributed by atoms with Crippen LogP contribution in [0.4, 0.5) is 4.39 Å². The molecule has 1 aromatic heterocycles. The summed E-state index contributed by atoms with van der Waals surface area (Å²) in [5.41, 5.74) is 4.26. The number of rotatable bonds is 3. The fourth-order valence-electron chi connectivity index (χ4n) is 4.29. The first-order valence-electron chi connectivity index (χ1n) is 9.09. The van der Waals surface area contributed by atoms with E-state index in [-0.39, 0.29) is 5.82 Å². The van der Waals surface area contributed by atoms with Crippen LogP contribution in [-0.2, 0) is 17.7 Å². The zero-order valence-electron chi connectivity index (χ0n) is 15.5. The minimum absolute atomic E-state index is 0.239. The van der Waals surface area contributed by atoms with Gasteiger partial charge in [-0.15, -0.1) is 0 Å². The van der Waals surface area contributed by atoms with Gasteiger partial charge in [0.25, 0.3) is 0 Å². The number of hydrogen-bond donors (Lipinski definition) is 1. The molecule has 0 aliphatic carbocycles. The van der Waals surface area contributed by atoms with Gasteiger partial charge in [0.15, 0.2) is 17.7 Å². The Labute approximate surface area is 160 Å². The van der Waals surface area contributed by atoms with Crippen LogP contribution in [0.25, 0.3) is 10.9 Å². The van der Waals surface area contributed by atoms with Gasteiger partial charge in [-0.3, -0.25) is 4.90 Å². The molecule has 0 unspecified atom stereocenters. The molecular formula is C21H19FN2O4. The summed E-state index contributed by atoms with van der Waals surface area (Å²) in [6.45, 7) is 1.28. The predicted octanol–water partition coefficient (Wildman–Crippen LogP) is 3.55. The van der Waals surface area contributed by atoms with Gasteiger partial charge in [0.2, 0.25) is 0 Å². The number of ether oxygens (including phenoxy) is 3. The number of methoxy groups -OCH3 is 2. The monoisotopic (exact) mass is 382 g/mol. The van der Waals surface area contributed by atoms with E-state index in [1.165, 1.54) is 20.3 Å². The van der Waals surface area contributed by atoms with Gasteiger partial charge in [-0.2, -0.15) is 0 Å². The molecule has 3 heterocycles. The maximum Gasteiger partial charge on any atom is 0.344 e. The van der Waals surface area contributed by atoms with Crippen molar-refractivity contribution in [1.82, 2.24) is 9.88 Å². The van der Waals surface area contributed by atoms with Crippen LogP contribution in [0.2, 0.25) is 0 Å². The van der Waals surface area contributed by atoms with Crippen molar-refractivity contribution in [2.45, 2.75) is 19.2 Å². The summed E-state index contributed by atoms with van der Waals surface area (Å²) < 4.78 is 30.0. The van der Waals surface area contributed by atoms with Crippen LogP contribution in [-0.4, -0.2) is 36.6 Å². The van der Waals surface area contributed by atoms with E-state index in [1.807, 2.05) is 6.07 Å². The summed E-state index contributed by atoms with van der Waals surface area (Å²) >= 11 is 0. The van der Waals surface area contributed by atoms with Crippen LogP contribution in [0.5, 0.6) is 11.5 Å². The Morgan fingerprint density at radius 1 is 1.21 bits per heavy atom. The summed E-state index contributed by atoms with van der Waals surface area (Å²) in [5, 5.41) is 0.921. The number of nitrogens with zero attached hydrogens (tertiary/aromatic N) is 1. The molecule has 0 saturated heterocycles. The molecule has 3 aromatic rings. The van der Waals surface area contributed by atoms with Crippen molar-refractivity contribution >= 4 is 16.9 Å². The van der Waals surface area contributed by atoms with E-state index in [4.69, 9.17) is 14.2 Å². The van der Waals surface area contributed by atoms with Crippen LogP contribution in [0.3, 0.4) is 0 Å². The average molecular weight is 382 g/mol. The zero-order valence-corrected chi connectivity index (χ0v) is 15.5. The van der Waals surface area contributed by atoms with Crippen LogP contribution in [0.15, 0.2) is 30.3 Å². The van der Waals surface area contributed by atoms with E-state index in [9.17, 15) is 9.18 Å². The molecule has 5 rings (SSSR count). The van der Waals surface area contributed by atoms with Crippen molar-refractivity contribution in [3.8, 4) is 11.5 Å². The standard InChI is InChI=1S/C21H19FN2O4/c1-26-17-6-4-13-18(19(17)27-2)21(25)28-20(13)24-8-7-12-14-9-11(22)3-5-15(14)23-16(12)10-24/h3-6,9,20,23H,7-8,10H2,1-2H3/t20-/m0/s1. The predicted molar refractivity (Wildman–Crippen MR) is 100 cm³/mol. The normalized spacial score (nSPS) is 18.7. The summed E-state index contributed by atoms with van der Waals surface area (Å²) in [6, 6.07) is 8.42. The first-order chi connectivity index (χ1) is 13.6. The molecule has 2 aliphatic rings. The van der Waals surface area contributed by atoms with E-state index in [2.05, 4.69) is 9.88 Å². The Balaban J connectivity index is 1.51. The second kappa shape index (κ2) is 6.24. The third kappa shape index (κ3) is 2.39. The number of carbonyl (C=O) groups excluding carboxylic acids is 1. The van der Waals surface area contributed by atoms with E-state index < -0.39 is 12.2 Å². The first-order valence-corrected chi connectivity index (χ1v) is 9.09. The molecule has 0 spiro atoms. The molecule has 0 radical (unpaired) electrons. The summed E-state index contributed by atoms with van der Waals surface area (Å²) in [5.74, 6) is 0.236. The van der Waals surface area contributed by atoms with Crippen LogP contribution < -0.4 is 9.47 Å². The van der Waals surface area contributed by atoms with Gasteiger partial charge >= 0.3 is 5.97 Å². The SMILES string of the molecule is COc1ccc2c(c1OC)C(=O)O[C@@H]2N1CCc2c([nH]c3ccc(F)cc23)C1. The first kappa shape index (κ1) is 17.1. The van der Waals surface area contributed by atoms with E-state index in [0.29, 0.717) is 30.2 Å². The third-order valence-corrected chi connectivity index (χ3v) is 5.57. The highest BCUT2D eigenvalue weighted by molar-refractivity contribution is 5.98. The number of cyclic esters (lactones) is 1. The smallest absolute Gasteiger partial charge is 0.344 e. The lowest BCUT2D eigenvalue weighted by Crippen LogP contribution is -2.34. The Hall–Kier alpha value is -3.06. The lowest BCUT2D eigenvalue weighted by atomic mass is 10.0. The molecule has 28 heavy (non-hydrogen) atoms. The van der Waals surface area contributed by atoms with Crippen molar-refractivity contribution in [3.63, 3.8) is 0 Å². The summed E-state index contributed by atoms with van der Waals surface area (Å²) in [4.78, 5) is 18.0. The molecule has 0 saturated carbocycles. The average Bonchev–Trinajstić information content (AvgIpc) is 3.24. The lowest BCUT2D eigenvalue weighted by Gasteiger charge is -2.31. The number of H-pyrrole nitrogens is 1. The molecule has 2 aromatic carbocycles. The van der Waals surface area contributed by atoms with Crippen molar-refractivity contribution in [2.24, 2.45) is 0 Å². The Bertz CT molecular complexity index is 1110. The molecule has 6 nitrogen and oxygen atoms in total. The molecule has 1 atom stereocenters. The minimum atomic E-state index is -0.487. The fraction of sp³-hybridized carbons (Fsp3) is 0.286. The number of aromatic nitrogens is 1. The molecule has 144 valence electrons. The highest BCUT2D eigenvalue weighted by atomic mass is 19.1. The molecule has 0 bridgehead atoms. The second-order valence-electron chi connectivity index (χ2n) is 7.02. The van der Waals surface area contributed by atoms with Gasteiger partial charge < -0.3 is 19.2 Å². The van der Waals surface area contributed by atoms with E-state index >= 15 is 0 Å². The molecule has 0 fully saturated rings. The van der Waals surface area contributed by atoms with Gasteiger partial charge in [-0.1, -0.05) is 0 Å². The third-order valence-electron chi connectivity index (χ3n) is 5.57. The van der Waals surface area contributed by atoms with Gasteiger partial charge in [-0.05, 0) is 42.3 Å². The molecule has 1 N–H and O–H groups in total. The highest BCUT2D eigenvalue weighted by Crippen LogP contribution is 2.44. The number of aromatic amines is 1. The Kier molecular flexibility index (Phi) is 3.80. The maximum atomic E-state index is 13.6. The highest BCUT2D eigenvalue weighted by Gasteiger charge is 2.40. The topological polar surface area (TPSA) is 63.8 Å². The van der Waals surface area contributed by atoms with Crippen molar-refractivity contribution < 1.29 is 23.4 Å². The van der Waals surface area contributed by atoms with Crippen LogP contribution >= 0.6 is 0 Å². The van der Waals surface area contributed by atoms with Gasteiger partial charge in [-0.25, -0.2) is 9.18 Å². The Morgan fingerprint density at radius 2 is 2.07 bits per heavy atom. The summed E-state index contributed by atoms with van der Waals surface area (Å²) in [7, 11) is 3.04. The number of nitrogens with one attached hydrogen (secondary N) is 1. The largest absolute Gasteiger partial charge is 0.493 e. The number of halogens is 1. The Morgan fingerprint density at radius 3 is 2.86 bits per heavy atom. The number of hydrogen-bond acceptors (Lipinski definition) is 5. The molecular weight excluding hydrogens is 363 g/mol. The fourth-order valence-corrected chi connectivity index (χ4v) is 4.29. The van der Waals surface area contributed by atoms with E-state index in [0.717, 1.165) is 34.1 Å². The van der Waals surface area contributed by atoms with Crippen LogP contribution in [0, 0.1) is 5.82 Å².